The molecule has 1 saturated heterocycles. The third kappa shape index (κ3) is 3.84. The molecular weight excluding hydrogens is 298 g/mol. The van der Waals surface area contributed by atoms with Crippen LogP contribution in [0, 0.1) is 0 Å². The van der Waals surface area contributed by atoms with E-state index in [0.29, 0.717) is 18.8 Å². The number of ether oxygens (including phenoxy) is 2. The van der Waals surface area contributed by atoms with E-state index in [1.54, 1.807) is 17.0 Å². The Morgan fingerprint density at radius 3 is 2.83 bits per heavy atom. The first-order chi connectivity index (χ1) is 11.1. The fraction of sp³-hybridized carbons (Fsp3) is 0.467. The van der Waals surface area contributed by atoms with Crippen molar-refractivity contribution >= 4 is 5.91 Å². The van der Waals surface area contributed by atoms with Crippen LogP contribution in [0.2, 0.25) is 0 Å². The van der Waals surface area contributed by atoms with E-state index in [1.165, 1.54) is 11.0 Å². The predicted molar refractivity (Wildman–Crippen MR) is 81.2 cm³/mol. The Bertz CT molecular complexity index is 651. The van der Waals surface area contributed by atoms with E-state index in [9.17, 15) is 4.79 Å². The Morgan fingerprint density at radius 2 is 2.13 bits per heavy atom. The molecule has 2 heterocycles. The second kappa shape index (κ2) is 6.74. The molecule has 0 bridgehead atoms. The molecule has 0 radical (unpaired) electrons. The zero-order valence-electron chi connectivity index (χ0n) is 13.1. The van der Waals surface area contributed by atoms with E-state index in [-0.39, 0.29) is 24.7 Å². The molecular formula is C15H19N5O3. The van der Waals surface area contributed by atoms with Gasteiger partial charge in [0.2, 0.25) is 0 Å². The summed E-state index contributed by atoms with van der Waals surface area (Å²) in [4.78, 5) is 14.1. The summed E-state index contributed by atoms with van der Waals surface area (Å²) in [7, 11) is 0. The molecule has 0 spiro atoms. The summed E-state index contributed by atoms with van der Waals surface area (Å²) < 4.78 is 12.8. The maximum Gasteiger partial charge on any atom is 0.260 e. The smallest absolute Gasteiger partial charge is 0.260 e. The molecule has 0 N–H and O–H groups in total. The summed E-state index contributed by atoms with van der Waals surface area (Å²) in [5.74, 6) is 0.556. The predicted octanol–water partition coefficient (Wildman–Crippen LogP) is 0.677. The van der Waals surface area contributed by atoms with Crippen molar-refractivity contribution in [2.24, 2.45) is 0 Å². The monoisotopic (exact) mass is 317 g/mol. The molecule has 23 heavy (non-hydrogen) atoms. The van der Waals surface area contributed by atoms with Crippen LogP contribution in [-0.4, -0.2) is 62.9 Å². The van der Waals surface area contributed by atoms with E-state index >= 15 is 0 Å². The number of hydrogen-bond donors (Lipinski definition) is 0. The number of rotatable bonds is 4. The van der Waals surface area contributed by atoms with Crippen molar-refractivity contribution in [3.63, 3.8) is 0 Å². The molecule has 8 heteroatoms. The Labute approximate surface area is 134 Å². The van der Waals surface area contributed by atoms with Crippen LogP contribution in [0.25, 0.3) is 5.69 Å². The number of benzene rings is 1. The van der Waals surface area contributed by atoms with Gasteiger partial charge >= 0.3 is 0 Å². The summed E-state index contributed by atoms with van der Waals surface area (Å²) in [5.41, 5.74) is 0.772. The van der Waals surface area contributed by atoms with Gasteiger partial charge in [-0.05, 0) is 36.4 Å². The summed E-state index contributed by atoms with van der Waals surface area (Å²) in [6.07, 6.45) is 1.59. The zero-order chi connectivity index (χ0) is 16.2. The van der Waals surface area contributed by atoms with Crippen molar-refractivity contribution in [1.29, 1.82) is 0 Å². The number of hydrogen-bond acceptors (Lipinski definition) is 6. The SMILES string of the molecule is C[C@H]1CN(C(=O)COc2cccc(-n3cnnn3)c2)C[C@H](C)O1. The van der Waals surface area contributed by atoms with E-state index in [2.05, 4.69) is 15.5 Å². The molecule has 122 valence electrons. The van der Waals surface area contributed by atoms with Gasteiger partial charge in [0.15, 0.2) is 6.61 Å². The lowest BCUT2D eigenvalue weighted by Crippen LogP contribution is -2.49. The molecule has 1 aliphatic rings. The number of tetrazole rings is 1. The molecule has 0 aliphatic carbocycles. The topological polar surface area (TPSA) is 82.4 Å². The fourth-order valence-electron chi connectivity index (χ4n) is 2.61. The van der Waals surface area contributed by atoms with Crippen LogP contribution in [0.15, 0.2) is 30.6 Å². The Kier molecular flexibility index (Phi) is 4.52. The molecule has 2 aromatic rings. The van der Waals surface area contributed by atoms with E-state index < -0.39 is 0 Å². The van der Waals surface area contributed by atoms with Gasteiger partial charge in [-0.15, -0.1) is 5.10 Å². The Hall–Kier alpha value is -2.48. The summed E-state index contributed by atoms with van der Waals surface area (Å²) >= 11 is 0. The van der Waals surface area contributed by atoms with Gasteiger partial charge in [0, 0.05) is 19.2 Å². The highest BCUT2D eigenvalue weighted by Gasteiger charge is 2.25. The summed E-state index contributed by atoms with van der Waals surface area (Å²) in [5, 5.41) is 11.0. The second-order valence-electron chi connectivity index (χ2n) is 5.60. The van der Waals surface area contributed by atoms with Gasteiger partial charge < -0.3 is 14.4 Å². The highest BCUT2D eigenvalue weighted by Crippen LogP contribution is 2.16. The van der Waals surface area contributed by atoms with Crippen molar-refractivity contribution in [2.45, 2.75) is 26.1 Å². The van der Waals surface area contributed by atoms with E-state index in [0.717, 1.165) is 5.69 Å². The Morgan fingerprint density at radius 1 is 1.35 bits per heavy atom. The van der Waals surface area contributed by atoms with Crippen molar-refractivity contribution in [2.75, 3.05) is 19.7 Å². The van der Waals surface area contributed by atoms with Crippen molar-refractivity contribution in [1.82, 2.24) is 25.1 Å². The van der Waals surface area contributed by atoms with Crippen LogP contribution in [0.5, 0.6) is 5.75 Å². The van der Waals surface area contributed by atoms with Crippen molar-refractivity contribution in [3.8, 4) is 11.4 Å². The van der Waals surface area contributed by atoms with Crippen molar-refractivity contribution < 1.29 is 14.3 Å². The molecule has 0 unspecified atom stereocenters. The second-order valence-corrected chi connectivity index (χ2v) is 5.60. The maximum absolute atomic E-state index is 12.3. The number of nitrogens with zero attached hydrogens (tertiary/aromatic N) is 5. The van der Waals surface area contributed by atoms with Gasteiger partial charge in [0.25, 0.3) is 5.91 Å². The molecule has 1 aliphatic heterocycles. The average molecular weight is 317 g/mol. The van der Waals surface area contributed by atoms with E-state index in [4.69, 9.17) is 9.47 Å². The highest BCUT2D eigenvalue weighted by atomic mass is 16.5. The summed E-state index contributed by atoms with van der Waals surface area (Å²) in [6.45, 7) is 5.12. The quantitative estimate of drug-likeness (QED) is 0.824. The van der Waals surface area contributed by atoms with Gasteiger partial charge in [0.05, 0.1) is 17.9 Å². The lowest BCUT2D eigenvalue weighted by molar-refractivity contribution is -0.145. The lowest BCUT2D eigenvalue weighted by Gasteiger charge is -2.35. The number of carbonyl (C=O) groups is 1. The zero-order valence-corrected chi connectivity index (χ0v) is 13.1. The third-order valence-corrected chi connectivity index (χ3v) is 3.57. The number of aromatic nitrogens is 4. The van der Waals surface area contributed by atoms with Crippen LogP contribution in [0.3, 0.4) is 0 Å². The Balaban J connectivity index is 1.60. The minimum absolute atomic E-state index is 0.00149. The molecule has 0 saturated carbocycles. The maximum atomic E-state index is 12.3. The largest absolute Gasteiger partial charge is 0.484 e. The number of amides is 1. The third-order valence-electron chi connectivity index (χ3n) is 3.57. The van der Waals surface area contributed by atoms with Crippen LogP contribution >= 0.6 is 0 Å². The first kappa shape index (κ1) is 15.4. The van der Waals surface area contributed by atoms with Crippen molar-refractivity contribution in [3.05, 3.63) is 30.6 Å². The molecule has 1 fully saturated rings. The normalized spacial score (nSPS) is 21.2. The van der Waals surface area contributed by atoms with E-state index in [1.807, 2.05) is 26.0 Å². The lowest BCUT2D eigenvalue weighted by atomic mass is 10.2. The number of carbonyl (C=O) groups excluding carboxylic acids is 1. The summed E-state index contributed by atoms with van der Waals surface area (Å²) in [6, 6.07) is 7.27. The number of morpholine rings is 1. The van der Waals surface area contributed by atoms with Gasteiger partial charge in [0.1, 0.15) is 12.1 Å². The van der Waals surface area contributed by atoms with Crippen LogP contribution in [0.4, 0.5) is 0 Å². The molecule has 2 atom stereocenters. The standard InChI is InChI=1S/C15H19N5O3/c1-11-7-19(8-12(2)23-11)15(21)9-22-14-5-3-4-13(6-14)20-10-16-17-18-20/h3-6,10-12H,7-9H2,1-2H3/t11-,12-/m0/s1. The highest BCUT2D eigenvalue weighted by molar-refractivity contribution is 5.78. The molecule has 1 aromatic heterocycles. The molecule has 3 rings (SSSR count). The minimum atomic E-state index is -0.0418. The minimum Gasteiger partial charge on any atom is -0.484 e. The van der Waals surface area contributed by atoms with Crippen LogP contribution in [-0.2, 0) is 9.53 Å². The molecule has 8 nitrogen and oxygen atoms in total. The fourth-order valence-corrected chi connectivity index (χ4v) is 2.61. The van der Waals surface area contributed by atoms with Gasteiger partial charge in [-0.25, -0.2) is 4.68 Å². The van der Waals surface area contributed by atoms with Gasteiger partial charge in [-0.1, -0.05) is 6.07 Å². The molecule has 1 amide bonds. The first-order valence-corrected chi connectivity index (χ1v) is 7.51. The van der Waals surface area contributed by atoms with Gasteiger partial charge in [-0.2, -0.15) is 0 Å². The van der Waals surface area contributed by atoms with Gasteiger partial charge in [-0.3, -0.25) is 4.79 Å². The average Bonchev–Trinajstić information content (AvgIpc) is 3.06. The van der Waals surface area contributed by atoms with Crippen LogP contribution in [0.1, 0.15) is 13.8 Å². The first-order valence-electron chi connectivity index (χ1n) is 7.51. The van der Waals surface area contributed by atoms with Crippen LogP contribution < -0.4 is 4.74 Å². The molecule has 1 aromatic carbocycles.